The van der Waals surface area contributed by atoms with E-state index in [1.165, 1.54) is 12.3 Å². The van der Waals surface area contributed by atoms with E-state index in [-0.39, 0.29) is 24.6 Å². The lowest BCUT2D eigenvalue weighted by Gasteiger charge is -2.12. The van der Waals surface area contributed by atoms with Crippen LogP contribution in [0.2, 0.25) is 0 Å². The number of nitrogens with zero attached hydrogens (tertiary/aromatic N) is 1. The number of aliphatic hydroxyl groups is 1. The lowest BCUT2D eigenvalue weighted by Crippen LogP contribution is -2.34. The lowest BCUT2D eigenvalue weighted by molar-refractivity contribution is 0.0418. The van der Waals surface area contributed by atoms with Gasteiger partial charge < -0.3 is 20.3 Å². The SMILES string of the molecule is CCOC[C@@H](O)CNC(=O)c1ccc(-c2ccc(C(=O)O)cn2)cc1. The highest BCUT2D eigenvalue weighted by Gasteiger charge is 2.10. The molecule has 1 aromatic carbocycles. The van der Waals surface area contributed by atoms with Crippen LogP contribution in [0.1, 0.15) is 27.6 Å². The van der Waals surface area contributed by atoms with E-state index in [0.29, 0.717) is 17.9 Å². The summed E-state index contributed by atoms with van der Waals surface area (Å²) in [5, 5.41) is 21.1. The molecule has 132 valence electrons. The van der Waals surface area contributed by atoms with E-state index in [2.05, 4.69) is 10.3 Å². The van der Waals surface area contributed by atoms with Gasteiger partial charge in [-0.05, 0) is 31.2 Å². The summed E-state index contributed by atoms with van der Waals surface area (Å²) in [6, 6.07) is 9.84. The number of pyridine rings is 1. The van der Waals surface area contributed by atoms with Crippen molar-refractivity contribution < 1.29 is 24.5 Å². The summed E-state index contributed by atoms with van der Waals surface area (Å²) in [5.41, 5.74) is 1.95. The number of nitrogens with one attached hydrogen (secondary N) is 1. The van der Waals surface area contributed by atoms with Crippen molar-refractivity contribution in [2.24, 2.45) is 0 Å². The number of aromatic nitrogens is 1. The number of aromatic carboxylic acids is 1. The molecule has 25 heavy (non-hydrogen) atoms. The molecule has 0 unspecified atom stereocenters. The van der Waals surface area contributed by atoms with Gasteiger partial charge in [-0.3, -0.25) is 9.78 Å². The molecule has 0 bridgehead atoms. The normalized spacial score (nSPS) is 11.8. The van der Waals surface area contributed by atoms with Crippen LogP contribution in [0.5, 0.6) is 0 Å². The van der Waals surface area contributed by atoms with Gasteiger partial charge in [-0.15, -0.1) is 0 Å². The van der Waals surface area contributed by atoms with Crippen LogP contribution in [-0.2, 0) is 4.74 Å². The first kappa shape index (κ1) is 18.6. The van der Waals surface area contributed by atoms with E-state index in [0.717, 1.165) is 5.56 Å². The van der Waals surface area contributed by atoms with Crippen molar-refractivity contribution in [3.63, 3.8) is 0 Å². The maximum absolute atomic E-state index is 12.0. The molecule has 0 spiro atoms. The second-order valence-corrected chi connectivity index (χ2v) is 5.34. The summed E-state index contributed by atoms with van der Waals surface area (Å²) in [5.74, 6) is -1.33. The van der Waals surface area contributed by atoms with Gasteiger partial charge in [-0.2, -0.15) is 0 Å². The Morgan fingerprint density at radius 1 is 1.16 bits per heavy atom. The Labute approximate surface area is 145 Å². The summed E-state index contributed by atoms with van der Waals surface area (Å²) < 4.78 is 5.08. The van der Waals surface area contributed by atoms with Gasteiger partial charge in [0.2, 0.25) is 0 Å². The Morgan fingerprint density at radius 2 is 1.84 bits per heavy atom. The third-order valence-corrected chi connectivity index (χ3v) is 3.47. The highest BCUT2D eigenvalue weighted by molar-refractivity contribution is 5.94. The molecule has 3 N–H and O–H groups in total. The number of hydrogen-bond acceptors (Lipinski definition) is 5. The van der Waals surface area contributed by atoms with E-state index in [4.69, 9.17) is 9.84 Å². The number of benzene rings is 1. The minimum Gasteiger partial charge on any atom is -0.478 e. The minimum atomic E-state index is -1.03. The van der Waals surface area contributed by atoms with Crippen molar-refractivity contribution in [1.82, 2.24) is 10.3 Å². The zero-order chi connectivity index (χ0) is 18.2. The molecule has 1 atom stereocenters. The van der Waals surface area contributed by atoms with Crippen LogP contribution in [0, 0.1) is 0 Å². The topological polar surface area (TPSA) is 109 Å². The van der Waals surface area contributed by atoms with E-state index in [1.54, 1.807) is 30.3 Å². The van der Waals surface area contributed by atoms with Gasteiger partial charge in [0.1, 0.15) is 0 Å². The standard InChI is InChI=1S/C18H20N2O5/c1-2-25-11-15(21)10-20-17(22)13-5-3-12(4-6-13)16-8-7-14(9-19-16)18(23)24/h3-9,15,21H,2,10-11H2,1H3,(H,20,22)(H,23,24)/t15-/m0/s1. The third kappa shape index (κ3) is 5.37. The van der Waals surface area contributed by atoms with E-state index < -0.39 is 12.1 Å². The predicted octanol–water partition coefficient (Wildman–Crippen LogP) is 1.57. The van der Waals surface area contributed by atoms with E-state index in [1.807, 2.05) is 6.92 Å². The van der Waals surface area contributed by atoms with Gasteiger partial charge in [0, 0.05) is 30.5 Å². The molecule has 2 rings (SSSR count). The van der Waals surface area contributed by atoms with Gasteiger partial charge in [0.05, 0.1) is 24.0 Å². The quantitative estimate of drug-likeness (QED) is 0.671. The number of carboxylic acids is 1. The number of carboxylic acid groups (broad SMARTS) is 1. The van der Waals surface area contributed by atoms with Crippen molar-refractivity contribution in [3.05, 3.63) is 53.7 Å². The van der Waals surface area contributed by atoms with Crippen molar-refractivity contribution in [1.29, 1.82) is 0 Å². The molecular weight excluding hydrogens is 324 g/mol. The molecule has 0 radical (unpaired) electrons. The summed E-state index contributed by atoms with van der Waals surface area (Å²) in [4.78, 5) is 27.0. The molecule has 1 aromatic heterocycles. The molecule has 0 fully saturated rings. The number of rotatable bonds is 8. The van der Waals surface area contributed by atoms with Gasteiger partial charge in [-0.1, -0.05) is 12.1 Å². The summed E-state index contributed by atoms with van der Waals surface area (Å²) in [7, 11) is 0. The maximum atomic E-state index is 12.0. The second-order valence-electron chi connectivity index (χ2n) is 5.34. The maximum Gasteiger partial charge on any atom is 0.337 e. The predicted molar refractivity (Wildman–Crippen MR) is 91.5 cm³/mol. The van der Waals surface area contributed by atoms with Gasteiger partial charge in [0.15, 0.2) is 0 Å². The first-order chi connectivity index (χ1) is 12.0. The lowest BCUT2D eigenvalue weighted by atomic mass is 10.1. The van der Waals surface area contributed by atoms with Crippen LogP contribution < -0.4 is 5.32 Å². The Morgan fingerprint density at radius 3 is 2.40 bits per heavy atom. The molecule has 0 aliphatic rings. The zero-order valence-corrected chi connectivity index (χ0v) is 13.8. The Hall–Kier alpha value is -2.77. The third-order valence-electron chi connectivity index (χ3n) is 3.47. The number of amides is 1. The zero-order valence-electron chi connectivity index (χ0n) is 13.8. The van der Waals surface area contributed by atoms with Gasteiger partial charge >= 0.3 is 5.97 Å². The van der Waals surface area contributed by atoms with Crippen LogP contribution >= 0.6 is 0 Å². The molecule has 0 aliphatic heterocycles. The van der Waals surface area contributed by atoms with Crippen molar-refractivity contribution >= 4 is 11.9 Å². The Balaban J connectivity index is 1.96. The fraction of sp³-hybridized carbons (Fsp3) is 0.278. The van der Waals surface area contributed by atoms with Crippen LogP contribution in [0.4, 0.5) is 0 Å². The highest BCUT2D eigenvalue weighted by atomic mass is 16.5. The number of carbonyl (C=O) groups is 2. The molecule has 7 heteroatoms. The monoisotopic (exact) mass is 344 g/mol. The van der Waals surface area contributed by atoms with E-state index in [9.17, 15) is 14.7 Å². The number of aliphatic hydroxyl groups excluding tert-OH is 1. The smallest absolute Gasteiger partial charge is 0.337 e. The number of hydrogen-bond donors (Lipinski definition) is 3. The summed E-state index contributed by atoms with van der Waals surface area (Å²) in [6.45, 7) is 2.62. The first-order valence-electron chi connectivity index (χ1n) is 7.85. The fourth-order valence-electron chi connectivity index (χ4n) is 2.11. The molecule has 1 amide bonds. The average molecular weight is 344 g/mol. The van der Waals surface area contributed by atoms with E-state index >= 15 is 0 Å². The largest absolute Gasteiger partial charge is 0.478 e. The first-order valence-corrected chi connectivity index (χ1v) is 7.85. The molecular formula is C18H20N2O5. The molecule has 1 heterocycles. The molecule has 7 nitrogen and oxygen atoms in total. The fourth-order valence-corrected chi connectivity index (χ4v) is 2.11. The summed E-state index contributed by atoms with van der Waals surface area (Å²) >= 11 is 0. The van der Waals surface area contributed by atoms with Crippen LogP contribution in [0.15, 0.2) is 42.6 Å². The van der Waals surface area contributed by atoms with Crippen LogP contribution in [0.25, 0.3) is 11.3 Å². The molecule has 0 saturated carbocycles. The molecule has 0 aliphatic carbocycles. The van der Waals surface area contributed by atoms with Crippen LogP contribution in [-0.4, -0.2) is 52.9 Å². The number of ether oxygens (including phenoxy) is 1. The number of carbonyl (C=O) groups excluding carboxylic acids is 1. The highest BCUT2D eigenvalue weighted by Crippen LogP contribution is 2.18. The second kappa shape index (κ2) is 8.91. The van der Waals surface area contributed by atoms with Gasteiger partial charge in [-0.25, -0.2) is 4.79 Å². The molecule has 0 saturated heterocycles. The van der Waals surface area contributed by atoms with Gasteiger partial charge in [0.25, 0.3) is 5.91 Å². The Kier molecular flexibility index (Phi) is 6.62. The average Bonchev–Trinajstić information content (AvgIpc) is 2.64. The van der Waals surface area contributed by atoms with Crippen molar-refractivity contribution in [3.8, 4) is 11.3 Å². The van der Waals surface area contributed by atoms with Crippen molar-refractivity contribution in [2.75, 3.05) is 19.8 Å². The Bertz CT molecular complexity index is 713. The van der Waals surface area contributed by atoms with Crippen molar-refractivity contribution in [2.45, 2.75) is 13.0 Å². The minimum absolute atomic E-state index is 0.110. The molecule has 2 aromatic rings. The van der Waals surface area contributed by atoms with Crippen LogP contribution in [0.3, 0.4) is 0 Å². The summed E-state index contributed by atoms with van der Waals surface area (Å²) in [6.07, 6.45) is 0.540.